The van der Waals surface area contributed by atoms with Gasteiger partial charge in [-0.15, -0.1) is 0 Å². The van der Waals surface area contributed by atoms with Crippen molar-refractivity contribution in [1.82, 2.24) is 36.1 Å². The first-order chi connectivity index (χ1) is 30.0. The minimum atomic E-state index is -1.42. The van der Waals surface area contributed by atoms with Gasteiger partial charge in [0.15, 0.2) is 5.82 Å². The van der Waals surface area contributed by atoms with Gasteiger partial charge in [0.05, 0.1) is 17.3 Å². The monoisotopic (exact) mass is 860 g/mol. The Labute approximate surface area is 367 Å². The second-order valence-electron chi connectivity index (χ2n) is 16.1. The number of rotatable bonds is 14. The van der Waals surface area contributed by atoms with Crippen molar-refractivity contribution in [3.05, 3.63) is 94.8 Å². The van der Waals surface area contributed by atoms with Crippen molar-refractivity contribution in [2.24, 2.45) is 11.5 Å². The Bertz CT molecular complexity index is 2380. The van der Waals surface area contributed by atoms with Gasteiger partial charge in [-0.25, -0.2) is 9.97 Å². The lowest BCUT2D eigenvalue weighted by molar-refractivity contribution is -0.141. The summed E-state index contributed by atoms with van der Waals surface area (Å²) in [4.78, 5) is 79.8. The van der Waals surface area contributed by atoms with Crippen LogP contribution in [0.2, 0.25) is 0 Å². The number of nitrogens with zero attached hydrogens (tertiary/aromatic N) is 4. The summed E-state index contributed by atoms with van der Waals surface area (Å²) < 4.78 is 5.97. The number of phenolic OH excluding ortho intramolecular Hbond substituents is 1. The van der Waals surface area contributed by atoms with Crippen LogP contribution in [0.25, 0.3) is 22.5 Å². The molecule has 4 atom stereocenters. The highest BCUT2D eigenvalue weighted by atomic mass is 16.5. The summed E-state index contributed by atoms with van der Waals surface area (Å²) in [6, 6.07) is 14.1. The van der Waals surface area contributed by atoms with Crippen molar-refractivity contribution in [2.75, 3.05) is 33.3 Å². The molecular formula is C46H56N10O7. The van der Waals surface area contributed by atoms with Gasteiger partial charge >= 0.3 is 0 Å². The molecule has 5 rings (SSSR count). The Morgan fingerprint density at radius 1 is 1.03 bits per heavy atom. The third kappa shape index (κ3) is 11.1. The minimum Gasteiger partial charge on any atom is -0.507 e. The summed E-state index contributed by atoms with van der Waals surface area (Å²) in [5, 5.41) is 30.9. The third-order valence-electron chi connectivity index (χ3n) is 11.3. The predicted octanol–water partition coefficient (Wildman–Crippen LogP) is 2.68. The number of likely N-dealkylation sites (N-methyl/N-ethyl adjacent to an activating group) is 1. The molecule has 3 aromatic carbocycles. The van der Waals surface area contributed by atoms with Gasteiger partial charge in [-0.3, -0.25) is 24.0 Å². The fourth-order valence-corrected chi connectivity index (χ4v) is 7.19. The van der Waals surface area contributed by atoms with Gasteiger partial charge in [0, 0.05) is 42.9 Å². The van der Waals surface area contributed by atoms with E-state index in [4.69, 9.17) is 21.5 Å². The zero-order valence-electron chi connectivity index (χ0n) is 36.5. The van der Waals surface area contributed by atoms with E-state index in [1.54, 1.807) is 37.3 Å². The fraction of sp³-hybridized carbons (Fsp3) is 0.391. The number of carbonyl (C=O) groups is 5. The summed E-state index contributed by atoms with van der Waals surface area (Å²) in [7, 11) is 1.39. The highest BCUT2D eigenvalue weighted by Gasteiger charge is 2.36. The molecule has 0 radical (unpaired) electrons. The normalized spacial score (nSPS) is 16.9. The second-order valence-corrected chi connectivity index (χ2v) is 16.1. The standard InChI is InChI=1S/C46H56N10O7/c1-7-46(4,5)31-12-9-29(10-13-31)40-51-25-34(26(2)52-40)42(59)54-35(16-17-47)45(62)56(6)39-30-11-15-38(63-21-19-49)33(24-30)32-22-28(8-14-37(32)57)23-36(43(60)50-20-18-48)55-41(58)27(3)53-44(39)61/h8-15,22,24-25,27,35-36,39,57H,7,16-17,19-21,23,47,49H2,1-6H3,(H,50,60)(H,53,61)(H,54,59)(H,55,58). The zero-order valence-corrected chi connectivity index (χ0v) is 36.5. The maximum absolute atomic E-state index is 14.5. The summed E-state index contributed by atoms with van der Waals surface area (Å²) in [5.41, 5.74) is 15.6. The Balaban J connectivity index is 1.51. The van der Waals surface area contributed by atoms with E-state index < -0.39 is 53.7 Å². The number of aryl methyl sites for hydroxylation is 1. The molecular weight excluding hydrogens is 805 g/mol. The van der Waals surface area contributed by atoms with Crippen LogP contribution in [0.1, 0.15) is 79.3 Å². The number of benzene rings is 3. The smallest absolute Gasteiger partial charge is 0.255 e. The molecule has 1 aliphatic rings. The number of ether oxygens (including phenoxy) is 1. The van der Waals surface area contributed by atoms with Crippen LogP contribution in [0.15, 0.2) is 66.9 Å². The molecule has 63 heavy (non-hydrogen) atoms. The van der Waals surface area contributed by atoms with Crippen LogP contribution >= 0.6 is 0 Å². The Kier molecular flexibility index (Phi) is 15.6. The van der Waals surface area contributed by atoms with Crippen molar-refractivity contribution in [3.63, 3.8) is 0 Å². The molecule has 1 aliphatic heterocycles. The van der Waals surface area contributed by atoms with Gasteiger partial charge < -0.3 is 47.5 Å². The Hall–Kier alpha value is -6.90. The molecule has 9 N–H and O–H groups in total. The van der Waals surface area contributed by atoms with Crippen LogP contribution in [0.3, 0.4) is 0 Å². The lowest BCUT2D eigenvalue weighted by atomic mass is 9.82. The number of hydrogen-bond donors (Lipinski definition) is 7. The lowest BCUT2D eigenvalue weighted by Crippen LogP contribution is -2.56. The number of carbonyl (C=O) groups excluding carboxylic acids is 5. The van der Waals surface area contributed by atoms with Crippen LogP contribution in [-0.2, 0) is 31.0 Å². The van der Waals surface area contributed by atoms with Crippen LogP contribution in [0.4, 0.5) is 0 Å². The number of aromatic hydroxyl groups is 1. The number of amides is 5. The molecule has 0 saturated carbocycles. The van der Waals surface area contributed by atoms with Crippen molar-refractivity contribution in [3.8, 4) is 40.1 Å². The third-order valence-corrected chi connectivity index (χ3v) is 11.3. The molecule has 4 aromatic rings. The van der Waals surface area contributed by atoms with E-state index >= 15 is 0 Å². The summed E-state index contributed by atoms with van der Waals surface area (Å²) >= 11 is 0. The number of nitriles is 1. The molecule has 17 heteroatoms. The Morgan fingerprint density at radius 2 is 1.76 bits per heavy atom. The lowest BCUT2D eigenvalue weighted by Gasteiger charge is -2.32. The molecule has 0 aliphatic carbocycles. The quantitative estimate of drug-likeness (QED) is 0.0903. The molecule has 17 nitrogen and oxygen atoms in total. The van der Waals surface area contributed by atoms with Gasteiger partial charge in [0.1, 0.15) is 48.8 Å². The van der Waals surface area contributed by atoms with Crippen molar-refractivity contribution < 1.29 is 33.8 Å². The highest BCUT2D eigenvalue weighted by molar-refractivity contribution is 6.00. The fourth-order valence-electron chi connectivity index (χ4n) is 7.19. The molecule has 4 bridgehead atoms. The van der Waals surface area contributed by atoms with Crippen molar-refractivity contribution in [1.29, 1.82) is 5.26 Å². The molecule has 5 amide bonds. The Morgan fingerprint density at radius 3 is 2.41 bits per heavy atom. The number of hydrogen-bond acceptors (Lipinski definition) is 12. The topological polar surface area (TPSA) is 268 Å². The average molecular weight is 861 g/mol. The molecule has 0 fully saturated rings. The van der Waals surface area contributed by atoms with E-state index in [-0.39, 0.29) is 66.9 Å². The molecule has 0 spiro atoms. The maximum Gasteiger partial charge on any atom is 0.255 e. The highest BCUT2D eigenvalue weighted by Crippen LogP contribution is 2.39. The number of fused-ring (bicyclic) bond motifs is 5. The summed E-state index contributed by atoms with van der Waals surface area (Å²) in [5.74, 6) is -2.89. The zero-order chi connectivity index (χ0) is 46.0. The number of aromatic nitrogens is 2. The first-order valence-corrected chi connectivity index (χ1v) is 20.8. The average Bonchev–Trinajstić information content (AvgIpc) is 3.27. The van der Waals surface area contributed by atoms with Crippen LogP contribution < -0.4 is 37.5 Å². The maximum atomic E-state index is 14.5. The van der Waals surface area contributed by atoms with Gasteiger partial charge in [-0.1, -0.05) is 57.2 Å². The first kappa shape index (κ1) is 47.2. The van der Waals surface area contributed by atoms with E-state index in [1.807, 2.05) is 30.3 Å². The van der Waals surface area contributed by atoms with Crippen LogP contribution in [-0.4, -0.2) is 101 Å². The predicted molar refractivity (Wildman–Crippen MR) is 236 cm³/mol. The molecule has 2 heterocycles. The SMILES string of the molecule is CCC(C)(C)c1ccc(-c2ncc(C(=O)NC(CCN)C(=O)N(C)C3C(=O)NC(C)C(=O)NC(C(=O)NCC#N)Cc4ccc(O)c(c4)-c4cc3ccc4OCCN)c(C)n2)cc1. The minimum absolute atomic E-state index is 0.00176. The van der Waals surface area contributed by atoms with E-state index in [0.29, 0.717) is 28.4 Å². The summed E-state index contributed by atoms with van der Waals surface area (Å²) in [6.07, 6.45) is 2.33. The van der Waals surface area contributed by atoms with E-state index in [0.717, 1.165) is 16.9 Å². The van der Waals surface area contributed by atoms with Gasteiger partial charge in [0.25, 0.3) is 5.91 Å². The van der Waals surface area contributed by atoms with Gasteiger partial charge in [-0.05, 0) is 79.6 Å². The first-order valence-electron chi connectivity index (χ1n) is 20.8. The molecule has 4 unspecified atom stereocenters. The van der Waals surface area contributed by atoms with Crippen molar-refractivity contribution in [2.45, 2.75) is 83.5 Å². The second kappa shape index (κ2) is 20.8. The largest absolute Gasteiger partial charge is 0.507 e. The van der Waals surface area contributed by atoms with Crippen LogP contribution in [0.5, 0.6) is 11.5 Å². The number of nitrogens with one attached hydrogen (secondary N) is 4. The van der Waals surface area contributed by atoms with E-state index in [1.165, 1.54) is 31.8 Å². The van der Waals surface area contributed by atoms with Crippen LogP contribution in [0, 0.1) is 18.3 Å². The molecule has 1 aromatic heterocycles. The molecule has 332 valence electrons. The van der Waals surface area contributed by atoms with Gasteiger partial charge in [0.2, 0.25) is 23.6 Å². The number of nitrogens with two attached hydrogens (primary N) is 2. The van der Waals surface area contributed by atoms with Crippen molar-refractivity contribution >= 4 is 29.5 Å². The summed E-state index contributed by atoms with van der Waals surface area (Å²) in [6.45, 7) is 9.54. The van der Waals surface area contributed by atoms with E-state index in [2.05, 4.69) is 52.0 Å². The van der Waals surface area contributed by atoms with E-state index in [9.17, 15) is 29.1 Å². The number of phenols is 1. The van der Waals surface area contributed by atoms with Gasteiger partial charge in [-0.2, -0.15) is 5.26 Å². The molecule has 0 saturated heterocycles.